The smallest absolute Gasteiger partial charge is 0.253 e. The van der Waals surface area contributed by atoms with Crippen molar-refractivity contribution in [2.24, 2.45) is 0 Å². The SMILES string of the molecule is CCCCNC(=O)c1ccccc1NC(=O)CCCN(c1cccc(Cl)c1C)S(C)(=O)=O. The van der Waals surface area contributed by atoms with Gasteiger partial charge in [0.2, 0.25) is 15.9 Å². The molecule has 0 fully saturated rings. The van der Waals surface area contributed by atoms with Crippen LogP contribution in [-0.2, 0) is 14.8 Å². The zero-order valence-corrected chi connectivity index (χ0v) is 20.2. The first-order valence-electron chi connectivity index (χ1n) is 10.5. The number of carbonyl (C=O) groups excluding carboxylic acids is 2. The van der Waals surface area contributed by atoms with Gasteiger partial charge < -0.3 is 10.6 Å². The Hall–Kier alpha value is -2.58. The van der Waals surface area contributed by atoms with E-state index in [0.29, 0.717) is 40.5 Å². The Morgan fingerprint density at radius 3 is 2.47 bits per heavy atom. The van der Waals surface area contributed by atoms with E-state index in [9.17, 15) is 18.0 Å². The lowest BCUT2D eigenvalue weighted by atomic mass is 10.1. The second kappa shape index (κ2) is 11.9. The molecule has 32 heavy (non-hydrogen) atoms. The zero-order valence-electron chi connectivity index (χ0n) is 18.7. The Morgan fingerprint density at radius 1 is 1.06 bits per heavy atom. The van der Waals surface area contributed by atoms with E-state index in [2.05, 4.69) is 10.6 Å². The van der Waals surface area contributed by atoms with Crippen molar-refractivity contribution >= 4 is 44.8 Å². The monoisotopic (exact) mass is 479 g/mol. The van der Waals surface area contributed by atoms with E-state index < -0.39 is 10.0 Å². The molecule has 0 spiro atoms. The standard InChI is InChI=1S/C23H30ClN3O4S/c1-4-5-15-25-23(29)18-10-6-7-12-20(18)26-22(28)14-9-16-27(32(3,30)31)21-13-8-11-19(24)17(21)2/h6-8,10-13H,4-5,9,14-16H2,1-3H3,(H,25,29)(H,26,28). The molecular formula is C23H30ClN3O4S. The lowest BCUT2D eigenvalue weighted by Gasteiger charge is -2.24. The van der Waals surface area contributed by atoms with Gasteiger partial charge in [-0.25, -0.2) is 8.42 Å². The van der Waals surface area contributed by atoms with E-state index >= 15 is 0 Å². The van der Waals surface area contributed by atoms with Crippen LogP contribution in [0.2, 0.25) is 5.02 Å². The molecule has 7 nitrogen and oxygen atoms in total. The second-order valence-corrected chi connectivity index (χ2v) is 9.84. The van der Waals surface area contributed by atoms with Crippen LogP contribution in [0.1, 0.15) is 48.5 Å². The molecule has 0 unspecified atom stereocenters. The van der Waals surface area contributed by atoms with E-state index in [4.69, 9.17) is 11.6 Å². The first-order chi connectivity index (χ1) is 15.1. The van der Waals surface area contributed by atoms with Gasteiger partial charge in [0.1, 0.15) is 0 Å². The first kappa shape index (κ1) is 25.7. The van der Waals surface area contributed by atoms with Crippen LogP contribution >= 0.6 is 11.6 Å². The van der Waals surface area contributed by atoms with Gasteiger partial charge in [-0.2, -0.15) is 0 Å². The predicted octanol–water partition coefficient (Wildman–Crippen LogP) is 4.36. The maximum atomic E-state index is 12.5. The number of nitrogens with one attached hydrogen (secondary N) is 2. The molecule has 9 heteroatoms. The van der Waals surface area contributed by atoms with Crippen molar-refractivity contribution in [3.05, 3.63) is 58.6 Å². The molecule has 0 heterocycles. The van der Waals surface area contributed by atoms with E-state index in [1.807, 2.05) is 6.92 Å². The average Bonchev–Trinajstić information content (AvgIpc) is 2.73. The third-order valence-electron chi connectivity index (χ3n) is 4.93. The van der Waals surface area contributed by atoms with Crippen LogP contribution in [0.3, 0.4) is 0 Å². The first-order valence-corrected chi connectivity index (χ1v) is 12.8. The molecule has 0 saturated carbocycles. The van der Waals surface area contributed by atoms with Crippen molar-refractivity contribution in [2.45, 2.75) is 39.5 Å². The van der Waals surface area contributed by atoms with Crippen molar-refractivity contribution in [3.63, 3.8) is 0 Å². The third-order valence-corrected chi connectivity index (χ3v) is 6.52. The normalized spacial score (nSPS) is 11.1. The largest absolute Gasteiger partial charge is 0.352 e. The fourth-order valence-electron chi connectivity index (χ4n) is 3.19. The maximum absolute atomic E-state index is 12.5. The summed E-state index contributed by atoms with van der Waals surface area (Å²) in [5.41, 5.74) is 1.97. The number of anilines is 2. The van der Waals surface area contributed by atoms with Crippen LogP contribution in [0.5, 0.6) is 0 Å². The number of hydrogen-bond donors (Lipinski definition) is 2. The minimum Gasteiger partial charge on any atom is -0.352 e. The Morgan fingerprint density at radius 2 is 1.78 bits per heavy atom. The molecular weight excluding hydrogens is 450 g/mol. The Labute approximate surface area is 195 Å². The quantitative estimate of drug-likeness (QED) is 0.468. The fraction of sp³-hybridized carbons (Fsp3) is 0.391. The molecule has 2 aromatic rings. The summed E-state index contributed by atoms with van der Waals surface area (Å²) in [6.07, 6.45) is 3.37. The van der Waals surface area contributed by atoms with Crippen LogP contribution < -0.4 is 14.9 Å². The van der Waals surface area contributed by atoms with E-state index in [0.717, 1.165) is 19.1 Å². The van der Waals surface area contributed by atoms with E-state index in [1.165, 1.54) is 4.31 Å². The van der Waals surface area contributed by atoms with Gasteiger partial charge >= 0.3 is 0 Å². The Kier molecular flexibility index (Phi) is 9.53. The van der Waals surface area contributed by atoms with Crippen molar-refractivity contribution in [3.8, 4) is 0 Å². The van der Waals surface area contributed by atoms with Gasteiger partial charge in [0.25, 0.3) is 5.91 Å². The van der Waals surface area contributed by atoms with Gasteiger partial charge in [-0.1, -0.05) is 43.1 Å². The number of hydrogen-bond acceptors (Lipinski definition) is 4. The van der Waals surface area contributed by atoms with E-state index in [-0.39, 0.29) is 24.8 Å². The molecule has 0 aromatic heterocycles. The van der Waals surface area contributed by atoms with Gasteiger partial charge in [0.15, 0.2) is 0 Å². The lowest BCUT2D eigenvalue weighted by molar-refractivity contribution is -0.116. The van der Waals surface area contributed by atoms with Gasteiger partial charge in [-0.05, 0) is 49.6 Å². The van der Waals surface area contributed by atoms with Crippen molar-refractivity contribution in [1.29, 1.82) is 0 Å². The summed E-state index contributed by atoms with van der Waals surface area (Å²) in [6.45, 7) is 4.50. The number of unbranched alkanes of at least 4 members (excludes halogenated alkanes) is 1. The summed E-state index contributed by atoms with van der Waals surface area (Å²) >= 11 is 6.14. The Bertz CT molecular complexity index is 1060. The minimum atomic E-state index is -3.55. The molecule has 0 aliphatic rings. The van der Waals surface area contributed by atoms with Crippen molar-refractivity contribution in [1.82, 2.24) is 5.32 Å². The highest BCUT2D eigenvalue weighted by Crippen LogP contribution is 2.28. The van der Waals surface area contributed by atoms with Gasteiger partial charge in [-0.15, -0.1) is 0 Å². The number of para-hydroxylation sites is 1. The minimum absolute atomic E-state index is 0.0947. The molecule has 0 radical (unpaired) electrons. The molecule has 2 N–H and O–H groups in total. The van der Waals surface area contributed by atoms with Crippen LogP contribution in [0.15, 0.2) is 42.5 Å². The van der Waals surface area contributed by atoms with Crippen LogP contribution in [0, 0.1) is 6.92 Å². The van der Waals surface area contributed by atoms with Gasteiger partial charge in [-0.3, -0.25) is 13.9 Å². The fourth-order valence-corrected chi connectivity index (χ4v) is 4.38. The van der Waals surface area contributed by atoms with Crippen LogP contribution in [0.25, 0.3) is 0 Å². The topological polar surface area (TPSA) is 95.6 Å². The summed E-state index contributed by atoms with van der Waals surface area (Å²) in [5, 5.41) is 6.08. The molecule has 0 atom stereocenters. The summed E-state index contributed by atoms with van der Waals surface area (Å²) in [5.74, 6) is -0.538. The zero-order chi connectivity index (χ0) is 23.7. The predicted molar refractivity (Wildman–Crippen MR) is 130 cm³/mol. The van der Waals surface area contributed by atoms with Crippen LogP contribution in [0.4, 0.5) is 11.4 Å². The number of rotatable bonds is 11. The molecule has 2 amide bonds. The Balaban J connectivity index is 2.02. The second-order valence-electron chi connectivity index (χ2n) is 7.53. The summed E-state index contributed by atoms with van der Waals surface area (Å²) in [6, 6.07) is 11.9. The highest BCUT2D eigenvalue weighted by molar-refractivity contribution is 7.92. The number of sulfonamides is 1. The highest BCUT2D eigenvalue weighted by Gasteiger charge is 2.20. The number of nitrogens with zero attached hydrogens (tertiary/aromatic N) is 1. The number of benzene rings is 2. The van der Waals surface area contributed by atoms with Crippen molar-refractivity contribution in [2.75, 3.05) is 29.0 Å². The number of halogens is 1. The summed E-state index contributed by atoms with van der Waals surface area (Å²) in [7, 11) is -3.55. The van der Waals surface area contributed by atoms with Gasteiger partial charge in [0, 0.05) is 24.5 Å². The molecule has 0 aliphatic carbocycles. The third kappa shape index (κ3) is 7.24. The van der Waals surface area contributed by atoms with Crippen molar-refractivity contribution < 1.29 is 18.0 Å². The van der Waals surface area contributed by atoms with Gasteiger partial charge in [0.05, 0.1) is 23.2 Å². The molecule has 0 aliphatic heterocycles. The summed E-state index contributed by atoms with van der Waals surface area (Å²) < 4.78 is 25.9. The number of carbonyl (C=O) groups is 2. The molecule has 0 bridgehead atoms. The average molecular weight is 480 g/mol. The molecule has 2 aromatic carbocycles. The summed E-state index contributed by atoms with van der Waals surface area (Å²) in [4.78, 5) is 24.9. The highest BCUT2D eigenvalue weighted by atomic mass is 35.5. The number of amides is 2. The molecule has 0 saturated heterocycles. The maximum Gasteiger partial charge on any atom is 0.253 e. The van der Waals surface area contributed by atoms with Crippen LogP contribution in [-0.4, -0.2) is 39.6 Å². The van der Waals surface area contributed by atoms with E-state index in [1.54, 1.807) is 49.4 Å². The lowest BCUT2D eigenvalue weighted by Crippen LogP contribution is -2.32. The molecule has 174 valence electrons. The molecule has 2 rings (SSSR count).